The van der Waals surface area contributed by atoms with Crippen molar-refractivity contribution in [2.24, 2.45) is 5.92 Å². The third-order valence-corrected chi connectivity index (χ3v) is 5.08. The van der Waals surface area contributed by atoms with Gasteiger partial charge >= 0.3 is 0 Å². The molecule has 4 nitrogen and oxygen atoms in total. The van der Waals surface area contributed by atoms with Crippen molar-refractivity contribution >= 4 is 28.2 Å². The summed E-state index contributed by atoms with van der Waals surface area (Å²) >= 11 is 6.17. The number of nitriles is 1. The Labute approximate surface area is 158 Å². The first kappa shape index (κ1) is 17.5. The Bertz CT molecular complexity index is 1180. The van der Waals surface area contributed by atoms with Crippen LogP contribution in [0.25, 0.3) is 22.2 Å². The molecule has 1 saturated heterocycles. The lowest BCUT2D eigenvalue weighted by atomic mass is 10.00. The Kier molecular flexibility index (Phi) is 4.12. The van der Waals surface area contributed by atoms with Gasteiger partial charge in [0.05, 0.1) is 28.2 Å². The average molecular weight is 386 g/mol. The van der Waals surface area contributed by atoms with E-state index in [1.54, 1.807) is 11.0 Å². The summed E-state index contributed by atoms with van der Waals surface area (Å²) in [5.41, 5.74) is 0.362. The maximum Gasteiger partial charge on any atom is 0.193 e. The summed E-state index contributed by atoms with van der Waals surface area (Å²) < 4.78 is 29.5. The van der Waals surface area contributed by atoms with Crippen LogP contribution in [0.1, 0.15) is 12.5 Å². The van der Waals surface area contributed by atoms with Crippen LogP contribution in [0.3, 0.4) is 0 Å². The molecule has 0 saturated carbocycles. The molecule has 4 rings (SSSR count). The summed E-state index contributed by atoms with van der Waals surface area (Å²) in [7, 11) is 0. The maximum absolute atomic E-state index is 15.0. The number of aromatic amines is 1. The van der Waals surface area contributed by atoms with Crippen LogP contribution in [-0.2, 0) is 0 Å². The Balaban J connectivity index is 1.92. The van der Waals surface area contributed by atoms with Crippen molar-refractivity contribution in [2.45, 2.75) is 6.92 Å². The van der Waals surface area contributed by atoms with Crippen LogP contribution in [0, 0.1) is 28.9 Å². The molecule has 0 bridgehead atoms. The normalized spacial score (nSPS) is 14.3. The Morgan fingerprint density at radius 2 is 2.00 bits per heavy atom. The van der Waals surface area contributed by atoms with E-state index in [0.29, 0.717) is 40.9 Å². The fourth-order valence-electron chi connectivity index (χ4n) is 3.45. The summed E-state index contributed by atoms with van der Waals surface area (Å²) in [5.74, 6) is -1.23. The predicted molar refractivity (Wildman–Crippen MR) is 101 cm³/mol. The van der Waals surface area contributed by atoms with Crippen molar-refractivity contribution in [1.29, 1.82) is 5.26 Å². The van der Waals surface area contributed by atoms with E-state index in [1.165, 1.54) is 18.2 Å². The van der Waals surface area contributed by atoms with Gasteiger partial charge in [0.15, 0.2) is 17.1 Å². The van der Waals surface area contributed by atoms with Crippen molar-refractivity contribution in [2.75, 3.05) is 18.0 Å². The lowest BCUT2D eigenvalue weighted by molar-refractivity contribution is 0.431. The summed E-state index contributed by atoms with van der Waals surface area (Å²) in [6.07, 6.45) is 0. The number of nitrogens with zero attached hydrogens (tertiary/aromatic N) is 2. The van der Waals surface area contributed by atoms with Gasteiger partial charge in [0.1, 0.15) is 5.69 Å². The molecule has 2 aromatic carbocycles. The molecule has 27 heavy (non-hydrogen) atoms. The molecule has 1 N–H and O–H groups in total. The number of hydrogen-bond donors (Lipinski definition) is 1. The highest BCUT2D eigenvalue weighted by Crippen LogP contribution is 2.34. The smallest absolute Gasteiger partial charge is 0.193 e. The van der Waals surface area contributed by atoms with Gasteiger partial charge in [-0.3, -0.25) is 4.79 Å². The number of benzene rings is 2. The number of halogens is 3. The third-order valence-electron chi connectivity index (χ3n) is 4.75. The van der Waals surface area contributed by atoms with Gasteiger partial charge in [-0.2, -0.15) is 5.26 Å². The van der Waals surface area contributed by atoms with Gasteiger partial charge in [-0.15, -0.1) is 0 Å². The van der Waals surface area contributed by atoms with E-state index >= 15 is 0 Å². The van der Waals surface area contributed by atoms with E-state index in [0.717, 1.165) is 6.07 Å². The zero-order valence-corrected chi connectivity index (χ0v) is 15.1. The third kappa shape index (κ3) is 2.84. The van der Waals surface area contributed by atoms with Crippen molar-refractivity contribution in [3.8, 4) is 17.3 Å². The molecule has 1 aliphatic heterocycles. The second-order valence-electron chi connectivity index (χ2n) is 6.81. The lowest BCUT2D eigenvalue weighted by Gasteiger charge is -2.39. The fourth-order valence-corrected chi connectivity index (χ4v) is 3.67. The zero-order valence-electron chi connectivity index (χ0n) is 14.3. The van der Waals surface area contributed by atoms with Crippen LogP contribution in [0.5, 0.6) is 0 Å². The van der Waals surface area contributed by atoms with E-state index in [9.17, 15) is 13.6 Å². The molecule has 0 aliphatic carbocycles. The molecular formula is C20H14ClF2N3O. The first-order chi connectivity index (χ1) is 12.9. The van der Waals surface area contributed by atoms with Crippen LogP contribution >= 0.6 is 11.6 Å². The molecule has 3 aromatic rings. The summed E-state index contributed by atoms with van der Waals surface area (Å²) in [6, 6.07) is 8.94. The van der Waals surface area contributed by atoms with E-state index in [-0.39, 0.29) is 16.6 Å². The highest BCUT2D eigenvalue weighted by molar-refractivity contribution is 6.33. The van der Waals surface area contributed by atoms with Gasteiger partial charge < -0.3 is 9.88 Å². The van der Waals surface area contributed by atoms with Crippen molar-refractivity contribution < 1.29 is 8.78 Å². The second-order valence-corrected chi connectivity index (χ2v) is 7.21. The van der Waals surface area contributed by atoms with Crippen LogP contribution in [0.2, 0.25) is 5.02 Å². The molecule has 0 unspecified atom stereocenters. The van der Waals surface area contributed by atoms with Gasteiger partial charge in [-0.25, -0.2) is 8.78 Å². The minimum Gasteiger partial charge on any atom is -0.366 e. The zero-order chi connectivity index (χ0) is 19.3. The molecule has 1 fully saturated rings. The number of rotatable bonds is 2. The van der Waals surface area contributed by atoms with Gasteiger partial charge in [-0.1, -0.05) is 18.5 Å². The Morgan fingerprint density at radius 3 is 2.67 bits per heavy atom. The molecular weight excluding hydrogens is 372 g/mol. The predicted octanol–water partition coefficient (Wildman–Crippen LogP) is 4.45. The quantitative estimate of drug-likeness (QED) is 0.708. The Morgan fingerprint density at radius 1 is 1.26 bits per heavy atom. The van der Waals surface area contributed by atoms with Crippen LogP contribution in [0.4, 0.5) is 14.5 Å². The topological polar surface area (TPSA) is 59.9 Å². The number of nitrogens with one attached hydrogen (secondary N) is 1. The van der Waals surface area contributed by atoms with Crippen molar-refractivity contribution in [1.82, 2.24) is 4.98 Å². The summed E-state index contributed by atoms with van der Waals surface area (Å²) in [4.78, 5) is 17.1. The summed E-state index contributed by atoms with van der Waals surface area (Å²) in [5, 5.41) is 9.18. The number of H-pyrrole nitrogens is 1. The number of aromatic nitrogens is 1. The monoisotopic (exact) mass is 385 g/mol. The first-order valence-corrected chi connectivity index (χ1v) is 8.77. The highest BCUT2D eigenvalue weighted by atomic mass is 35.5. The van der Waals surface area contributed by atoms with E-state index in [4.69, 9.17) is 16.9 Å². The molecule has 0 spiro atoms. The van der Waals surface area contributed by atoms with Gasteiger partial charge in [0.2, 0.25) is 0 Å². The SMILES string of the molecule is CC1CN(c2c(F)cc3[nH]c(-c4cc(C#N)ccc4Cl)cc(=O)c3c2F)C1. The molecule has 0 amide bonds. The second kappa shape index (κ2) is 6.36. The average Bonchev–Trinajstić information content (AvgIpc) is 2.59. The van der Waals surface area contributed by atoms with Crippen molar-refractivity contribution in [3.05, 3.63) is 62.8 Å². The van der Waals surface area contributed by atoms with E-state index in [2.05, 4.69) is 4.98 Å². The molecule has 1 aromatic heterocycles. The first-order valence-electron chi connectivity index (χ1n) is 8.39. The van der Waals surface area contributed by atoms with E-state index < -0.39 is 17.1 Å². The molecule has 0 atom stereocenters. The lowest BCUT2D eigenvalue weighted by Crippen LogP contribution is -2.46. The number of fused-ring (bicyclic) bond motifs is 1. The number of anilines is 1. The molecule has 136 valence electrons. The van der Waals surface area contributed by atoms with Crippen LogP contribution in [-0.4, -0.2) is 18.1 Å². The van der Waals surface area contributed by atoms with Crippen LogP contribution in [0.15, 0.2) is 35.1 Å². The number of hydrogen-bond acceptors (Lipinski definition) is 3. The molecule has 2 heterocycles. The van der Waals surface area contributed by atoms with Gasteiger partial charge in [0, 0.05) is 35.8 Å². The molecule has 7 heteroatoms. The van der Waals surface area contributed by atoms with Gasteiger partial charge in [-0.05, 0) is 24.1 Å². The standard InChI is InChI=1S/C20H14ClF2N3O/c1-10-8-26(9-10)20-14(22)5-16-18(19(20)23)17(27)6-15(25-16)12-4-11(7-24)2-3-13(12)21/h2-6,10H,8-9H2,1H3,(H,25,27). The largest absolute Gasteiger partial charge is 0.366 e. The minimum absolute atomic E-state index is 0.0447. The van der Waals surface area contributed by atoms with Crippen molar-refractivity contribution in [3.63, 3.8) is 0 Å². The van der Waals surface area contributed by atoms with Gasteiger partial charge in [0.25, 0.3) is 0 Å². The molecule has 0 radical (unpaired) electrons. The minimum atomic E-state index is -0.860. The highest BCUT2D eigenvalue weighted by Gasteiger charge is 2.29. The summed E-state index contributed by atoms with van der Waals surface area (Å²) in [6.45, 7) is 3.09. The van der Waals surface area contributed by atoms with Crippen LogP contribution < -0.4 is 10.3 Å². The fraction of sp³-hybridized carbons (Fsp3) is 0.200. The van der Waals surface area contributed by atoms with E-state index in [1.807, 2.05) is 13.0 Å². The Hall–Kier alpha value is -2.91. The molecule has 1 aliphatic rings. The number of pyridine rings is 1. The maximum atomic E-state index is 15.0.